The lowest BCUT2D eigenvalue weighted by Gasteiger charge is -2.35. The minimum atomic E-state index is 0.120. The lowest BCUT2D eigenvalue weighted by Crippen LogP contribution is -2.48. The maximum Gasteiger partial charge on any atom is 0.219 e. The van der Waals surface area contributed by atoms with Gasteiger partial charge >= 0.3 is 0 Å². The fraction of sp³-hybridized carbons (Fsp3) is 0.316. The predicted molar refractivity (Wildman–Crippen MR) is 103 cm³/mol. The number of carbonyl (C=O) groups excluding carboxylic acids is 1. The number of carbonyl (C=O) groups is 1. The van der Waals surface area contributed by atoms with E-state index >= 15 is 0 Å². The number of piperazine rings is 1. The molecular weight excluding hydrogens is 350 g/mol. The van der Waals surface area contributed by atoms with Crippen LogP contribution in [-0.4, -0.2) is 51.5 Å². The smallest absolute Gasteiger partial charge is 0.219 e. The number of benzene rings is 1. The summed E-state index contributed by atoms with van der Waals surface area (Å²) < 4.78 is 2.01. The second-order valence-corrected chi connectivity index (χ2v) is 6.88. The maximum atomic E-state index is 11.5. The van der Waals surface area contributed by atoms with Crippen molar-refractivity contribution in [2.24, 2.45) is 7.05 Å². The first-order valence-corrected chi connectivity index (χ1v) is 9.01. The Labute approximate surface area is 157 Å². The number of hydrogen-bond donors (Lipinski definition) is 0. The number of pyridine rings is 1. The molecule has 3 heterocycles. The van der Waals surface area contributed by atoms with Crippen LogP contribution < -0.4 is 4.90 Å². The van der Waals surface area contributed by atoms with Crippen LogP contribution in [0.1, 0.15) is 6.92 Å². The van der Waals surface area contributed by atoms with Crippen molar-refractivity contribution in [3.8, 4) is 11.5 Å². The molecule has 0 radical (unpaired) electrons. The van der Waals surface area contributed by atoms with Gasteiger partial charge in [0.1, 0.15) is 11.5 Å². The Hall–Kier alpha value is -2.60. The minimum Gasteiger partial charge on any atom is -0.353 e. The van der Waals surface area contributed by atoms with Crippen molar-refractivity contribution in [1.82, 2.24) is 19.4 Å². The zero-order valence-corrected chi connectivity index (χ0v) is 15.6. The summed E-state index contributed by atoms with van der Waals surface area (Å²) in [6.07, 6.45) is 0. The molecule has 1 amide bonds. The zero-order valence-electron chi connectivity index (χ0n) is 14.8. The molecule has 1 saturated heterocycles. The molecule has 2 aromatic heterocycles. The van der Waals surface area contributed by atoms with Crippen LogP contribution in [0.25, 0.3) is 22.6 Å². The number of para-hydroxylation sites is 2. The van der Waals surface area contributed by atoms with Crippen molar-refractivity contribution in [2.45, 2.75) is 6.92 Å². The summed E-state index contributed by atoms with van der Waals surface area (Å²) in [5.41, 5.74) is 2.64. The second kappa shape index (κ2) is 6.61. The van der Waals surface area contributed by atoms with Gasteiger partial charge in [-0.1, -0.05) is 23.7 Å². The molecule has 134 valence electrons. The van der Waals surface area contributed by atoms with Crippen molar-refractivity contribution in [3.05, 3.63) is 41.4 Å². The van der Waals surface area contributed by atoms with Gasteiger partial charge in [-0.3, -0.25) is 4.79 Å². The molecule has 7 heteroatoms. The van der Waals surface area contributed by atoms with Crippen molar-refractivity contribution < 1.29 is 4.79 Å². The number of anilines is 1. The molecule has 0 unspecified atom stereocenters. The monoisotopic (exact) mass is 369 g/mol. The van der Waals surface area contributed by atoms with Gasteiger partial charge in [0.25, 0.3) is 0 Å². The molecule has 1 aromatic carbocycles. The molecule has 0 spiro atoms. The van der Waals surface area contributed by atoms with E-state index in [9.17, 15) is 4.79 Å². The van der Waals surface area contributed by atoms with Gasteiger partial charge in [-0.15, -0.1) is 0 Å². The predicted octanol–water partition coefficient (Wildman–Crippen LogP) is 2.96. The Kier molecular flexibility index (Phi) is 4.28. The topological polar surface area (TPSA) is 54.3 Å². The van der Waals surface area contributed by atoms with E-state index in [0.29, 0.717) is 23.8 Å². The van der Waals surface area contributed by atoms with E-state index in [1.54, 1.807) is 6.92 Å². The first-order valence-electron chi connectivity index (χ1n) is 8.63. The highest BCUT2D eigenvalue weighted by Crippen LogP contribution is 2.30. The number of fused-ring (bicyclic) bond motifs is 1. The van der Waals surface area contributed by atoms with E-state index in [1.807, 2.05) is 52.9 Å². The number of aromatic nitrogens is 3. The normalized spacial score (nSPS) is 14.9. The van der Waals surface area contributed by atoms with Crippen molar-refractivity contribution in [3.63, 3.8) is 0 Å². The van der Waals surface area contributed by atoms with Gasteiger partial charge in [0.15, 0.2) is 5.82 Å². The molecule has 1 aliphatic heterocycles. The Morgan fingerprint density at radius 1 is 1.04 bits per heavy atom. The highest BCUT2D eigenvalue weighted by Gasteiger charge is 2.21. The third-order valence-corrected chi connectivity index (χ3v) is 5.18. The summed E-state index contributed by atoms with van der Waals surface area (Å²) in [7, 11) is 1.97. The third kappa shape index (κ3) is 2.90. The number of hydrogen-bond acceptors (Lipinski definition) is 4. The third-order valence-electron chi connectivity index (χ3n) is 4.88. The Balaban J connectivity index is 1.69. The van der Waals surface area contributed by atoms with Gasteiger partial charge in [-0.2, -0.15) is 0 Å². The number of halogens is 1. The van der Waals surface area contributed by atoms with Crippen molar-refractivity contribution in [2.75, 3.05) is 31.1 Å². The molecule has 0 aliphatic carbocycles. The quantitative estimate of drug-likeness (QED) is 0.697. The van der Waals surface area contributed by atoms with E-state index < -0.39 is 0 Å². The first-order chi connectivity index (χ1) is 12.5. The van der Waals surface area contributed by atoms with Crippen molar-refractivity contribution >= 4 is 34.4 Å². The molecule has 0 N–H and O–H groups in total. The molecular formula is C19H20ClN5O. The molecule has 0 atom stereocenters. The molecule has 1 fully saturated rings. The average Bonchev–Trinajstić information content (AvgIpc) is 2.99. The van der Waals surface area contributed by atoms with Gasteiger partial charge in [-0.05, 0) is 24.3 Å². The zero-order chi connectivity index (χ0) is 18.3. The molecule has 0 saturated carbocycles. The van der Waals surface area contributed by atoms with Gasteiger partial charge in [0.2, 0.25) is 5.91 Å². The Morgan fingerprint density at radius 3 is 2.46 bits per heavy atom. The number of imidazole rings is 1. The van der Waals surface area contributed by atoms with Crippen LogP contribution in [0.5, 0.6) is 0 Å². The highest BCUT2D eigenvalue weighted by molar-refractivity contribution is 6.33. The van der Waals surface area contributed by atoms with Crippen LogP contribution >= 0.6 is 11.6 Å². The molecule has 0 bridgehead atoms. The fourth-order valence-electron chi connectivity index (χ4n) is 3.37. The number of nitrogens with zero attached hydrogens (tertiary/aromatic N) is 5. The largest absolute Gasteiger partial charge is 0.353 e. The summed E-state index contributed by atoms with van der Waals surface area (Å²) in [4.78, 5) is 25.1. The summed E-state index contributed by atoms with van der Waals surface area (Å²) in [5, 5.41) is 0.578. The summed E-state index contributed by atoms with van der Waals surface area (Å²) in [6.45, 7) is 4.55. The van der Waals surface area contributed by atoms with Crippen LogP contribution in [0.4, 0.5) is 5.82 Å². The maximum absolute atomic E-state index is 11.5. The van der Waals surface area contributed by atoms with E-state index in [4.69, 9.17) is 21.6 Å². The Bertz CT molecular complexity index is 975. The molecule has 6 nitrogen and oxygen atoms in total. The molecule has 26 heavy (non-hydrogen) atoms. The van der Waals surface area contributed by atoms with Crippen LogP contribution in [0.2, 0.25) is 5.02 Å². The molecule has 4 rings (SSSR count). The van der Waals surface area contributed by atoms with Crippen LogP contribution in [0.15, 0.2) is 36.4 Å². The Morgan fingerprint density at radius 2 is 1.77 bits per heavy atom. The van der Waals surface area contributed by atoms with Crippen LogP contribution in [0.3, 0.4) is 0 Å². The SMILES string of the molecule is CC(=O)N1CCN(c2ccc(Cl)c(-c3nc4ccccc4n3C)n2)CC1. The van der Waals surface area contributed by atoms with Crippen molar-refractivity contribution in [1.29, 1.82) is 0 Å². The van der Waals surface area contributed by atoms with Gasteiger partial charge in [0, 0.05) is 40.2 Å². The second-order valence-electron chi connectivity index (χ2n) is 6.48. The number of aryl methyl sites for hydroxylation is 1. The standard InChI is InChI=1S/C19H20ClN5O/c1-13(26)24-9-11-25(12-10-24)17-8-7-14(20)18(22-17)19-21-15-5-3-4-6-16(15)23(19)2/h3-8H,9-12H2,1-2H3. The highest BCUT2D eigenvalue weighted by atomic mass is 35.5. The van der Waals surface area contributed by atoms with Gasteiger partial charge < -0.3 is 14.4 Å². The molecule has 3 aromatic rings. The van der Waals surface area contributed by atoms with E-state index in [-0.39, 0.29) is 5.91 Å². The summed E-state index contributed by atoms with van der Waals surface area (Å²) in [6, 6.07) is 11.8. The fourth-order valence-corrected chi connectivity index (χ4v) is 3.56. The van der Waals surface area contributed by atoms with Crippen LogP contribution in [0, 0.1) is 0 Å². The number of amides is 1. The van der Waals surface area contributed by atoms with E-state index in [0.717, 1.165) is 35.8 Å². The summed E-state index contributed by atoms with van der Waals surface area (Å²) in [5.74, 6) is 1.73. The van der Waals surface area contributed by atoms with Gasteiger partial charge in [0.05, 0.1) is 16.1 Å². The average molecular weight is 370 g/mol. The first kappa shape index (κ1) is 16.8. The lowest BCUT2D eigenvalue weighted by molar-refractivity contribution is -0.129. The van der Waals surface area contributed by atoms with Gasteiger partial charge in [-0.25, -0.2) is 9.97 Å². The van der Waals surface area contributed by atoms with E-state index in [1.165, 1.54) is 0 Å². The van der Waals surface area contributed by atoms with Crippen LogP contribution in [-0.2, 0) is 11.8 Å². The lowest BCUT2D eigenvalue weighted by atomic mass is 10.2. The van der Waals surface area contributed by atoms with E-state index in [2.05, 4.69) is 4.90 Å². The molecule has 1 aliphatic rings. The number of rotatable bonds is 2. The minimum absolute atomic E-state index is 0.120. The summed E-state index contributed by atoms with van der Waals surface area (Å²) >= 11 is 6.45.